The van der Waals surface area contributed by atoms with Gasteiger partial charge in [-0.15, -0.1) is 0 Å². The molecule has 3 aromatic rings. The summed E-state index contributed by atoms with van der Waals surface area (Å²) in [7, 11) is 0. The number of rotatable bonds is 4. The van der Waals surface area contributed by atoms with Gasteiger partial charge in [-0.05, 0) is 42.6 Å². The van der Waals surface area contributed by atoms with Gasteiger partial charge in [0.25, 0.3) is 6.01 Å². The normalized spacial score (nSPS) is 26.9. The van der Waals surface area contributed by atoms with Crippen LogP contribution in [0.4, 0.5) is 17.8 Å². The van der Waals surface area contributed by atoms with Crippen molar-refractivity contribution >= 4 is 40.1 Å². The standard InChI is InChI=1S/C24H28N6O3S/c31-34-12-8-18-21(34)22(25-16-6-10-32-11-7-16)28-23(26-18)29-9-5-15-13-30(19(15)14-29)24-27-17-3-1-2-4-20(17)33-24/h1-4,15-16,19H,5-14H2,(H,25,26,28). The van der Waals surface area contributed by atoms with Crippen molar-refractivity contribution in [2.24, 2.45) is 5.92 Å². The number of oxazole rings is 1. The average molecular weight is 481 g/mol. The van der Waals surface area contributed by atoms with Gasteiger partial charge in [0.05, 0.1) is 6.04 Å². The summed E-state index contributed by atoms with van der Waals surface area (Å²) in [6, 6.07) is 9.25. The van der Waals surface area contributed by atoms with Gasteiger partial charge in [-0.3, -0.25) is 0 Å². The van der Waals surface area contributed by atoms with E-state index in [0.717, 1.165) is 92.0 Å². The van der Waals surface area contributed by atoms with E-state index in [1.165, 1.54) is 0 Å². The molecule has 0 bridgehead atoms. The molecule has 10 heteroatoms. The van der Waals surface area contributed by atoms with Crippen molar-refractivity contribution in [1.82, 2.24) is 15.0 Å². The third kappa shape index (κ3) is 3.50. The number of nitrogens with zero attached hydrogens (tertiary/aromatic N) is 5. The Hall–Kier alpha value is -2.56. The Morgan fingerprint density at radius 3 is 2.82 bits per heavy atom. The minimum absolute atomic E-state index is 0.296. The van der Waals surface area contributed by atoms with Crippen LogP contribution >= 0.6 is 0 Å². The first kappa shape index (κ1) is 20.8. The van der Waals surface area contributed by atoms with Crippen LogP contribution in [0.5, 0.6) is 0 Å². The number of ether oxygens (including phenoxy) is 1. The number of nitrogens with one attached hydrogen (secondary N) is 1. The Labute approximate surface area is 201 Å². The molecule has 1 aromatic carbocycles. The lowest BCUT2D eigenvalue weighted by atomic mass is 9.83. The minimum Gasteiger partial charge on any atom is -0.611 e. The number of hydrogen-bond donors (Lipinski definition) is 1. The van der Waals surface area contributed by atoms with E-state index < -0.39 is 11.2 Å². The first-order chi connectivity index (χ1) is 16.7. The molecule has 7 rings (SSSR count). The topological polar surface area (TPSA) is 103 Å². The number of hydrogen-bond acceptors (Lipinski definition) is 9. The van der Waals surface area contributed by atoms with Crippen LogP contribution in [-0.2, 0) is 22.3 Å². The molecule has 3 saturated heterocycles. The maximum Gasteiger partial charge on any atom is 0.298 e. The average Bonchev–Trinajstić information content (AvgIpc) is 3.44. The third-order valence-electron chi connectivity index (χ3n) is 7.60. The van der Waals surface area contributed by atoms with E-state index in [9.17, 15) is 4.55 Å². The fraction of sp³-hybridized carbons (Fsp3) is 0.542. The van der Waals surface area contributed by atoms with Crippen molar-refractivity contribution < 1.29 is 13.7 Å². The minimum atomic E-state index is -1.03. The van der Waals surface area contributed by atoms with Gasteiger partial charge in [0.2, 0.25) is 10.8 Å². The molecule has 2 aromatic heterocycles. The summed E-state index contributed by atoms with van der Waals surface area (Å²) in [5.41, 5.74) is 2.66. The molecule has 178 valence electrons. The number of piperidine rings is 1. The molecular formula is C24H28N6O3S. The lowest BCUT2D eigenvalue weighted by molar-refractivity contribution is 0.0903. The van der Waals surface area contributed by atoms with Crippen molar-refractivity contribution in [3.05, 3.63) is 30.0 Å². The highest BCUT2D eigenvalue weighted by Crippen LogP contribution is 2.39. The van der Waals surface area contributed by atoms with E-state index >= 15 is 0 Å². The van der Waals surface area contributed by atoms with Crippen molar-refractivity contribution in [3.63, 3.8) is 0 Å². The first-order valence-electron chi connectivity index (χ1n) is 12.2. The molecule has 4 aliphatic rings. The molecule has 3 atom stereocenters. The van der Waals surface area contributed by atoms with Gasteiger partial charge >= 0.3 is 0 Å². The molecule has 34 heavy (non-hydrogen) atoms. The highest BCUT2D eigenvalue weighted by molar-refractivity contribution is 7.91. The summed E-state index contributed by atoms with van der Waals surface area (Å²) in [5.74, 6) is 2.77. The second kappa shape index (κ2) is 8.28. The highest BCUT2D eigenvalue weighted by atomic mass is 32.2. The summed E-state index contributed by atoms with van der Waals surface area (Å²) < 4.78 is 24.3. The van der Waals surface area contributed by atoms with E-state index in [1.807, 2.05) is 24.3 Å². The SMILES string of the molecule is [O-][S+]1CCc2nc(N3CCC4CN(c5nc6ccccc6o5)C4C3)nc(NC3CCOCC3)c21. The van der Waals surface area contributed by atoms with Crippen LogP contribution in [0.2, 0.25) is 0 Å². The molecule has 4 aliphatic heterocycles. The third-order valence-corrected chi connectivity index (χ3v) is 9.06. The van der Waals surface area contributed by atoms with E-state index in [0.29, 0.717) is 29.8 Å². The molecule has 3 fully saturated rings. The van der Waals surface area contributed by atoms with Crippen LogP contribution in [0.25, 0.3) is 11.1 Å². The Morgan fingerprint density at radius 2 is 1.94 bits per heavy atom. The summed E-state index contributed by atoms with van der Waals surface area (Å²) in [5, 5.41) is 3.59. The van der Waals surface area contributed by atoms with Crippen LogP contribution in [-0.4, -0.2) is 70.2 Å². The quantitative estimate of drug-likeness (QED) is 0.565. The second-order valence-electron chi connectivity index (χ2n) is 9.66. The highest BCUT2D eigenvalue weighted by Gasteiger charge is 2.45. The van der Waals surface area contributed by atoms with Crippen LogP contribution < -0.4 is 15.1 Å². The molecule has 0 radical (unpaired) electrons. The molecule has 9 nitrogen and oxygen atoms in total. The lowest BCUT2D eigenvalue weighted by Gasteiger charge is -2.52. The smallest absolute Gasteiger partial charge is 0.298 e. The number of fused-ring (bicyclic) bond motifs is 3. The maximum atomic E-state index is 12.7. The molecule has 6 heterocycles. The van der Waals surface area contributed by atoms with Gasteiger partial charge in [-0.1, -0.05) is 12.1 Å². The van der Waals surface area contributed by atoms with E-state index in [4.69, 9.17) is 24.1 Å². The van der Waals surface area contributed by atoms with Gasteiger partial charge in [-0.2, -0.15) is 9.97 Å². The van der Waals surface area contributed by atoms with E-state index in [2.05, 4.69) is 15.1 Å². The summed E-state index contributed by atoms with van der Waals surface area (Å²) in [6.45, 7) is 4.25. The lowest BCUT2D eigenvalue weighted by Crippen LogP contribution is -2.64. The monoisotopic (exact) mass is 480 g/mol. The van der Waals surface area contributed by atoms with E-state index in [-0.39, 0.29) is 0 Å². The van der Waals surface area contributed by atoms with Gasteiger partial charge in [0.15, 0.2) is 11.4 Å². The zero-order valence-electron chi connectivity index (χ0n) is 19.0. The fourth-order valence-electron chi connectivity index (χ4n) is 5.64. The molecule has 1 N–H and O–H groups in total. The molecular weight excluding hydrogens is 452 g/mol. The summed E-state index contributed by atoms with van der Waals surface area (Å²) >= 11 is -1.03. The number of para-hydroxylation sites is 2. The zero-order chi connectivity index (χ0) is 22.6. The Bertz CT molecular complexity index is 1180. The largest absolute Gasteiger partial charge is 0.611 e. The van der Waals surface area contributed by atoms with Gasteiger partial charge < -0.3 is 28.8 Å². The maximum absolute atomic E-state index is 12.7. The van der Waals surface area contributed by atoms with Crippen LogP contribution in [0.1, 0.15) is 25.0 Å². The predicted octanol–water partition coefficient (Wildman–Crippen LogP) is 2.59. The van der Waals surface area contributed by atoms with Crippen molar-refractivity contribution in [2.45, 2.75) is 42.7 Å². The van der Waals surface area contributed by atoms with Crippen LogP contribution in [0.15, 0.2) is 33.6 Å². The van der Waals surface area contributed by atoms with E-state index in [1.54, 1.807) is 0 Å². The molecule has 0 saturated carbocycles. The Kier molecular flexibility index (Phi) is 5.06. The number of aryl methyl sites for hydroxylation is 1. The molecule has 0 spiro atoms. The second-order valence-corrected chi connectivity index (χ2v) is 11.2. The first-order valence-corrected chi connectivity index (χ1v) is 13.6. The molecule has 0 amide bonds. The zero-order valence-corrected chi connectivity index (χ0v) is 19.8. The van der Waals surface area contributed by atoms with Gasteiger partial charge in [-0.25, -0.2) is 4.98 Å². The molecule has 0 aliphatic carbocycles. The number of anilines is 3. The Morgan fingerprint density at radius 1 is 1.06 bits per heavy atom. The van der Waals surface area contributed by atoms with Gasteiger partial charge in [0, 0.05) is 51.2 Å². The fourth-order valence-corrected chi connectivity index (χ4v) is 6.95. The van der Waals surface area contributed by atoms with Crippen LogP contribution in [0, 0.1) is 5.92 Å². The van der Waals surface area contributed by atoms with Crippen LogP contribution in [0.3, 0.4) is 0 Å². The number of aromatic nitrogens is 3. The van der Waals surface area contributed by atoms with Gasteiger partial charge in [0.1, 0.15) is 17.0 Å². The molecule has 3 unspecified atom stereocenters. The Balaban J connectivity index is 1.15. The number of benzene rings is 1. The van der Waals surface area contributed by atoms with Crippen molar-refractivity contribution in [1.29, 1.82) is 0 Å². The predicted molar refractivity (Wildman–Crippen MR) is 130 cm³/mol. The summed E-state index contributed by atoms with van der Waals surface area (Å²) in [4.78, 5) is 19.9. The van der Waals surface area contributed by atoms with Crippen molar-refractivity contribution in [3.8, 4) is 0 Å². The summed E-state index contributed by atoms with van der Waals surface area (Å²) in [6.07, 6.45) is 3.71. The van der Waals surface area contributed by atoms with Crippen molar-refractivity contribution in [2.75, 3.05) is 53.7 Å².